The van der Waals surface area contributed by atoms with Gasteiger partial charge in [-0.25, -0.2) is 4.98 Å². The van der Waals surface area contributed by atoms with Crippen LogP contribution in [0, 0.1) is 0 Å². The molecule has 0 aliphatic carbocycles. The van der Waals surface area contributed by atoms with Crippen molar-refractivity contribution in [3.8, 4) is 17.2 Å². The number of ether oxygens (including phenoxy) is 1. The Morgan fingerprint density at radius 2 is 1.91 bits per heavy atom. The number of oxazole rings is 1. The molecule has 4 aromatic rings. The van der Waals surface area contributed by atoms with Gasteiger partial charge in [-0.2, -0.15) is 0 Å². The van der Waals surface area contributed by atoms with Gasteiger partial charge in [0.25, 0.3) is 5.91 Å². The van der Waals surface area contributed by atoms with E-state index in [9.17, 15) is 4.79 Å². The van der Waals surface area contributed by atoms with Crippen LogP contribution < -0.4 is 15.4 Å². The van der Waals surface area contributed by atoms with Crippen molar-refractivity contribution < 1.29 is 13.9 Å². The first-order valence-corrected chi connectivity index (χ1v) is 11.1. The van der Waals surface area contributed by atoms with Gasteiger partial charge in [-0.05, 0) is 66.2 Å². The van der Waals surface area contributed by atoms with Gasteiger partial charge in [-0.3, -0.25) is 10.1 Å². The van der Waals surface area contributed by atoms with Gasteiger partial charge in [0.05, 0.1) is 23.4 Å². The number of nitrogens with zero attached hydrogens (tertiary/aromatic N) is 1. The number of amides is 1. The summed E-state index contributed by atoms with van der Waals surface area (Å²) in [5, 5.41) is 6.10. The largest absolute Gasteiger partial charge is 0.495 e. The van der Waals surface area contributed by atoms with Gasteiger partial charge in [-0.15, -0.1) is 0 Å². The van der Waals surface area contributed by atoms with E-state index < -0.39 is 5.91 Å². The van der Waals surface area contributed by atoms with Gasteiger partial charge >= 0.3 is 0 Å². The maximum Gasteiger partial charge on any atom is 0.258 e. The molecule has 1 aromatic heterocycles. The Morgan fingerprint density at radius 1 is 1.12 bits per heavy atom. The first-order valence-electron chi connectivity index (χ1n) is 10.3. The molecule has 4 rings (SSSR count). The van der Waals surface area contributed by atoms with Crippen LogP contribution in [0.4, 0.5) is 5.69 Å². The highest BCUT2D eigenvalue weighted by Gasteiger charge is 2.15. The number of halogens is 1. The Hall–Kier alpha value is -3.42. The molecule has 0 aliphatic rings. The molecule has 0 saturated carbocycles. The van der Waals surface area contributed by atoms with Crippen molar-refractivity contribution in [3.63, 3.8) is 0 Å². The lowest BCUT2D eigenvalue weighted by Crippen LogP contribution is -2.34. The number of aromatic nitrogens is 1. The summed E-state index contributed by atoms with van der Waals surface area (Å²) in [5.41, 5.74) is 4.33. The minimum absolute atomic E-state index is 0.106. The van der Waals surface area contributed by atoms with E-state index in [0.29, 0.717) is 39.4 Å². The summed E-state index contributed by atoms with van der Waals surface area (Å²) in [5.74, 6) is 1.01. The average Bonchev–Trinajstić information content (AvgIpc) is 3.22. The predicted molar refractivity (Wildman–Crippen MR) is 135 cm³/mol. The highest BCUT2D eigenvalue weighted by atomic mass is 35.5. The Morgan fingerprint density at radius 3 is 2.64 bits per heavy atom. The van der Waals surface area contributed by atoms with Crippen LogP contribution in [-0.4, -0.2) is 23.1 Å². The topological polar surface area (TPSA) is 76.4 Å². The van der Waals surface area contributed by atoms with Crippen molar-refractivity contribution in [2.45, 2.75) is 19.8 Å². The predicted octanol–water partition coefficient (Wildman–Crippen LogP) is 6.41. The summed E-state index contributed by atoms with van der Waals surface area (Å²) in [6.07, 6.45) is 0. The summed E-state index contributed by atoms with van der Waals surface area (Å²) in [4.78, 5) is 17.2. The number of carbonyl (C=O) groups is 1. The van der Waals surface area contributed by atoms with Crippen LogP contribution in [0.15, 0.2) is 65.1 Å². The molecule has 0 unspecified atom stereocenters. The number of rotatable bonds is 5. The SMILES string of the molecule is COc1ccc(-c2nc3cc(C(C)C)ccc3o2)cc1NC(=S)NC(=O)c1ccccc1Cl. The second-order valence-electron chi connectivity index (χ2n) is 7.70. The number of methoxy groups -OCH3 is 1. The third-order valence-electron chi connectivity index (χ3n) is 5.12. The van der Waals surface area contributed by atoms with Crippen LogP contribution in [0.25, 0.3) is 22.6 Å². The molecule has 0 radical (unpaired) electrons. The average molecular weight is 480 g/mol. The number of nitrogens with one attached hydrogen (secondary N) is 2. The van der Waals surface area contributed by atoms with Crippen LogP contribution in [0.2, 0.25) is 5.02 Å². The smallest absolute Gasteiger partial charge is 0.258 e. The van der Waals surface area contributed by atoms with Crippen LogP contribution in [-0.2, 0) is 0 Å². The van der Waals surface area contributed by atoms with Crippen molar-refractivity contribution in [2.75, 3.05) is 12.4 Å². The minimum Gasteiger partial charge on any atom is -0.495 e. The molecule has 0 spiro atoms. The Bertz CT molecular complexity index is 1350. The summed E-state index contributed by atoms with van der Waals surface area (Å²) in [6, 6.07) is 18.2. The van der Waals surface area contributed by atoms with Crippen molar-refractivity contribution in [1.29, 1.82) is 0 Å². The van der Waals surface area contributed by atoms with Crippen LogP contribution in [0.3, 0.4) is 0 Å². The zero-order valence-electron chi connectivity index (χ0n) is 18.3. The molecule has 0 bridgehead atoms. The highest BCUT2D eigenvalue weighted by molar-refractivity contribution is 7.80. The molecular weight excluding hydrogens is 458 g/mol. The molecule has 3 aromatic carbocycles. The fraction of sp³-hybridized carbons (Fsp3) is 0.160. The molecule has 2 N–H and O–H groups in total. The van der Waals surface area contributed by atoms with Crippen LogP contribution in [0.5, 0.6) is 5.75 Å². The maximum absolute atomic E-state index is 12.5. The highest BCUT2D eigenvalue weighted by Crippen LogP contribution is 2.32. The third kappa shape index (κ3) is 4.99. The van der Waals surface area contributed by atoms with E-state index >= 15 is 0 Å². The molecule has 1 amide bonds. The quantitative estimate of drug-likeness (QED) is 0.322. The van der Waals surface area contributed by atoms with E-state index in [-0.39, 0.29) is 5.11 Å². The molecule has 0 aliphatic heterocycles. The van der Waals surface area contributed by atoms with Crippen molar-refractivity contribution in [3.05, 3.63) is 76.8 Å². The van der Waals surface area contributed by atoms with E-state index in [1.807, 2.05) is 24.3 Å². The number of hydrogen-bond donors (Lipinski definition) is 2. The molecule has 8 heteroatoms. The normalized spacial score (nSPS) is 10.9. The molecular formula is C25H22ClN3O3S. The van der Waals surface area contributed by atoms with Gasteiger partial charge in [-0.1, -0.05) is 43.6 Å². The second-order valence-corrected chi connectivity index (χ2v) is 8.52. The van der Waals surface area contributed by atoms with Gasteiger partial charge in [0, 0.05) is 5.56 Å². The lowest BCUT2D eigenvalue weighted by molar-refractivity contribution is 0.0978. The molecule has 168 valence electrons. The summed E-state index contributed by atoms with van der Waals surface area (Å²) in [6.45, 7) is 4.27. The summed E-state index contributed by atoms with van der Waals surface area (Å²) < 4.78 is 11.4. The number of carbonyl (C=O) groups excluding carboxylic acids is 1. The van der Waals surface area contributed by atoms with Gasteiger partial charge in [0.2, 0.25) is 5.89 Å². The van der Waals surface area contributed by atoms with Crippen molar-refractivity contribution >= 4 is 51.6 Å². The molecule has 6 nitrogen and oxygen atoms in total. The number of fused-ring (bicyclic) bond motifs is 1. The molecule has 33 heavy (non-hydrogen) atoms. The number of thiocarbonyl (C=S) groups is 1. The Balaban J connectivity index is 1.58. The van der Waals surface area contributed by atoms with Crippen molar-refractivity contribution in [1.82, 2.24) is 10.3 Å². The lowest BCUT2D eigenvalue weighted by Gasteiger charge is -2.14. The molecule has 1 heterocycles. The van der Waals surface area contributed by atoms with E-state index in [1.54, 1.807) is 43.5 Å². The Kier molecular flexibility index (Phi) is 6.62. The zero-order chi connectivity index (χ0) is 23.5. The van der Waals surface area contributed by atoms with Crippen molar-refractivity contribution in [2.24, 2.45) is 0 Å². The molecule has 0 saturated heterocycles. The van der Waals surface area contributed by atoms with E-state index in [0.717, 1.165) is 11.1 Å². The lowest BCUT2D eigenvalue weighted by atomic mass is 10.0. The summed E-state index contributed by atoms with van der Waals surface area (Å²) in [7, 11) is 1.55. The van der Waals surface area contributed by atoms with E-state index in [4.69, 9.17) is 33.0 Å². The Labute approximate surface area is 201 Å². The number of anilines is 1. The third-order valence-corrected chi connectivity index (χ3v) is 5.65. The number of hydrogen-bond acceptors (Lipinski definition) is 5. The fourth-order valence-electron chi connectivity index (χ4n) is 3.34. The standard InChI is InChI=1S/C25H22ClN3O3S/c1-14(2)15-8-11-22-20(12-15)27-24(32-22)16-9-10-21(31-3)19(13-16)28-25(33)29-23(30)17-6-4-5-7-18(17)26/h4-14H,1-3H3,(H2,28,29,30,33). The second kappa shape index (κ2) is 9.60. The number of benzene rings is 3. The zero-order valence-corrected chi connectivity index (χ0v) is 19.9. The maximum atomic E-state index is 12.5. The molecule has 0 atom stereocenters. The van der Waals surface area contributed by atoms with Gasteiger partial charge in [0.1, 0.15) is 11.3 Å². The monoisotopic (exact) mass is 479 g/mol. The first kappa shape index (κ1) is 22.8. The van der Waals surface area contributed by atoms with Gasteiger partial charge < -0.3 is 14.5 Å². The molecule has 0 fully saturated rings. The van der Waals surface area contributed by atoms with E-state index in [2.05, 4.69) is 29.5 Å². The fourth-order valence-corrected chi connectivity index (χ4v) is 3.76. The van der Waals surface area contributed by atoms with Crippen LogP contribution >= 0.6 is 23.8 Å². The first-order chi connectivity index (χ1) is 15.9. The van der Waals surface area contributed by atoms with Gasteiger partial charge in [0.15, 0.2) is 10.7 Å². The minimum atomic E-state index is -0.409. The van der Waals surface area contributed by atoms with Crippen LogP contribution in [0.1, 0.15) is 35.7 Å². The van der Waals surface area contributed by atoms with E-state index in [1.165, 1.54) is 5.56 Å². The summed E-state index contributed by atoms with van der Waals surface area (Å²) >= 11 is 11.4.